The number of hydrogen-bond acceptors (Lipinski definition) is 1. The number of fused-ring (bicyclic) bond motifs is 3. The number of nitrogens with one attached hydrogen (secondary N) is 2. The van der Waals surface area contributed by atoms with Gasteiger partial charge in [-0.2, -0.15) is 0 Å². The third-order valence-electron chi connectivity index (χ3n) is 5.67. The molecule has 0 fully saturated rings. The number of carbonyl (C=O) groups is 1. The zero-order valence-electron chi connectivity index (χ0n) is 16.4. The van der Waals surface area contributed by atoms with Crippen LogP contribution in [0.4, 0.5) is 10.5 Å². The number of benzene rings is 3. The van der Waals surface area contributed by atoms with Gasteiger partial charge in [0.05, 0.1) is 0 Å². The van der Waals surface area contributed by atoms with Crippen molar-refractivity contribution in [3.8, 4) is 11.1 Å². The van der Waals surface area contributed by atoms with Crippen molar-refractivity contribution in [2.75, 3.05) is 11.9 Å². The first-order chi connectivity index (χ1) is 14.2. The molecule has 0 saturated carbocycles. The minimum absolute atomic E-state index is 0.0501. The van der Waals surface area contributed by atoms with Gasteiger partial charge >= 0.3 is 6.03 Å². The molecule has 0 bridgehead atoms. The quantitative estimate of drug-likeness (QED) is 0.457. The van der Waals surface area contributed by atoms with Crippen LogP contribution in [0.1, 0.15) is 16.8 Å². The van der Waals surface area contributed by atoms with Crippen LogP contribution in [0.3, 0.4) is 0 Å². The molecule has 3 aromatic carbocycles. The monoisotopic (exact) mass is 381 g/mol. The molecule has 2 N–H and O–H groups in total. The second kappa shape index (κ2) is 7.13. The van der Waals surface area contributed by atoms with Crippen LogP contribution in [0.2, 0.25) is 0 Å². The average molecular weight is 381 g/mol. The van der Waals surface area contributed by atoms with Crippen molar-refractivity contribution in [2.45, 2.75) is 19.9 Å². The molecule has 4 nitrogen and oxygen atoms in total. The zero-order chi connectivity index (χ0) is 19.8. The highest BCUT2D eigenvalue weighted by atomic mass is 16.2. The zero-order valence-corrected chi connectivity index (χ0v) is 16.4. The second-order valence-corrected chi connectivity index (χ2v) is 7.68. The largest absolute Gasteiger partial charge is 0.358 e. The molecule has 0 radical (unpaired) electrons. The maximum absolute atomic E-state index is 12.8. The molecule has 4 heteroatoms. The lowest BCUT2D eigenvalue weighted by molar-refractivity contribution is 0.206. The topological polar surface area (TPSA) is 48.1 Å². The molecule has 144 valence electrons. The number of aromatic nitrogens is 1. The van der Waals surface area contributed by atoms with E-state index in [1.165, 1.54) is 33.3 Å². The van der Waals surface area contributed by atoms with E-state index < -0.39 is 0 Å². The SMILES string of the molecule is Cc1ccc(-c2ccc3[nH]c4c(c3c2)CN(C(=O)Nc2ccccc2)CC4)cc1. The summed E-state index contributed by atoms with van der Waals surface area (Å²) in [5.41, 5.74) is 8.09. The summed E-state index contributed by atoms with van der Waals surface area (Å²) < 4.78 is 0. The van der Waals surface area contributed by atoms with E-state index in [-0.39, 0.29) is 6.03 Å². The summed E-state index contributed by atoms with van der Waals surface area (Å²) in [7, 11) is 0. The Morgan fingerprint density at radius 3 is 2.52 bits per heavy atom. The van der Waals surface area contributed by atoms with Gasteiger partial charge in [0.15, 0.2) is 0 Å². The van der Waals surface area contributed by atoms with Crippen LogP contribution >= 0.6 is 0 Å². The summed E-state index contributed by atoms with van der Waals surface area (Å²) in [5.74, 6) is 0. The van der Waals surface area contributed by atoms with Gasteiger partial charge in [0, 0.05) is 47.4 Å². The predicted molar refractivity (Wildman–Crippen MR) is 118 cm³/mol. The molecule has 0 atom stereocenters. The Morgan fingerprint density at radius 1 is 0.966 bits per heavy atom. The summed E-state index contributed by atoms with van der Waals surface area (Å²) in [6.45, 7) is 3.43. The minimum Gasteiger partial charge on any atom is -0.358 e. The molecular weight excluding hydrogens is 358 g/mol. The van der Waals surface area contributed by atoms with Crippen molar-refractivity contribution < 1.29 is 4.79 Å². The maximum atomic E-state index is 12.8. The summed E-state index contributed by atoms with van der Waals surface area (Å²) in [6, 6.07) is 24.7. The molecule has 1 aliphatic rings. The Labute approximate surface area is 170 Å². The summed E-state index contributed by atoms with van der Waals surface area (Å²) in [6.07, 6.45) is 0.839. The molecular formula is C25H23N3O. The number of amides is 2. The number of hydrogen-bond donors (Lipinski definition) is 2. The number of urea groups is 1. The second-order valence-electron chi connectivity index (χ2n) is 7.68. The van der Waals surface area contributed by atoms with Gasteiger partial charge in [-0.25, -0.2) is 4.79 Å². The van der Waals surface area contributed by atoms with E-state index in [2.05, 4.69) is 59.7 Å². The third kappa shape index (κ3) is 3.38. The summed E-state index contributed by atoms with van der Waals surface area (Å²) in [5, 5.41) is 4.21. The van der Waals surface area contributed by atoms with E-state index >= 15 is 0 Å². The molecule has 4 aromatic rings. The Morgan fingerprint density at radius 2 is 1.72 bits per heavy atom. The van der Waals surface area contributed by atoms with E-state index in [9.17, 15) is 4.79 Å². The van der Waals surface area contributed by atoms with E-state index in [1.54, 1.807) is 0 Å². The Kier molecular flexibility index (Phi) is 4.32. The first-order valence-electron chi connectivity index (χ1n) is 9.99. The standard InChI is InChI=1S/C25H23N3O/c1-17-7-9-18(10-8-17)19-11-12-23-21(15-19)22-16-28(14-13-24(22)27-23)25(29)26-20-5-3-2-4-6-20/h2-12,15,27H,13-14,16H2,1H3,(H,26,29). The van der Waals surface area contributed by atoms with Crippen LogP contribution in [0, 0.1) is 6.92 Å². The van der Waals surface area contributed by atoms with Gasteiger partial charge in [-0.1, -0.05) is 54.1 Å². The number of nitrogens with zero attached hydrogens (tertiary/aromatic N) is 1. The Balaban J connectivity index is 1.44. The number of rotatable bonds is 2. The van der Waals surface area contributed by atoms with Crippen molar-refractivity contribution in [1.29, 1.82) is 0 Å². The van der Waals surface area contributed by atoms with E-state index in [0.717, 1.165) is 17.6 Å². The molecule has 0 spiro atoms. The van der Waals surface area contributed by atoms with Gasteiger partial charge in [0.1, 0.15) is 0 Å². The van der Waals surface area contributed by atoms with Gasteiger partial charge in [0.25, 0.3) is 0 Å². The van der Waals surface area contributed by atoms with Crippen LogP contribution in [-0.4, -0.2) is 22.5 Å². The number of H-pyrrole nitrogens is 1. The summed E-state index contributed by atoms with van der Waals surface area (Å²) in [4.78, 5) is 18.2. The first kappa shape index (κ1) is 17.6. The van der Waals surface area contributed by atoms with Crippen LogP contribution < -0.4 is 5.32 Å². The lowest BCUT2D eigenvalue weighted by Gasteiger charge is -2.27. The van der Waals surface area contributed by atoms with Gasteiger partial charge < -0.3 is 15.2 Å². The number of carbonyl (C=O) groups excluding carboxylic acids is 1. The maximum Gasteiger partial charge on any atom is 0.322 e. The highest BCUT2D eigenvalue weighted by Crippen LogP contribution is 2.32. The van der Waals surface area contributed by atoms with Crippen LogP contribution in [0.25, 0.3) is 22.0 Å². The Bertz CT molecular complexity index is 1180. The number of para-hydroxylation sites is 1. The molecule has 0 unspecified atom stereocenters. The first-order valence-corrected chi connectivity index (χ1v) is 9.99. The lowest BCUT2D eigenvalue weighted by atomic mass is 9.99. The van der Waals surface area contributed by atoms with Crippen LogP contribution in [0.5, 0.6) is 0 Å². The van der Waals surface area contributed by atoms with E-state index in [0.29, 0.717) is 13.1 Å². The van der Waals surface area contributed by atoms with Crippen LogP contribution in [0.15, 0.2) is 72.8 Å². The number of aromatic amines is 1. The highest BCUT2D eigenvalue weighted by Gasteiger charge is 2.24. The average Bonchev–Trinajstić information content (AvgIpc) is 3.12. The molecule has 29 heavy (non-hydrogen) atoms. The van der Waals surface area contributed by atoms with Gasteiger partial charge in [-0.15, -0.1) is 0 Å². The lowest BCUT2D eigenvalue weighted by Crippen LogP contribution is -2.38. The molecule has 0 aliphatic carbocycles. The van der Waals surface area contributed by atoms with Crippen molar-refractivity contribution in [3.63, 3.8) is 0 Å². The fraction of sp³-hybridized carbons (Fsp3) is 0.160. The van der Waals surface area contributed by atoms with Crippen molar-refractivity contribution in [1.82, 2.24) is 9.88 Å². The van der Waals surface area contributed by atoms with Gasteiger partial charge in [-0.05, 0) is 42.3 Å². The molecule has 1 aromatic heterocycles. The van der Waals surface area contributed by atoms with Crippen molar-refractivity contribution in [3.05, 3.63) is 89.6 Å². The fourth-order valence-electron chi connectivity index (χ4n) is 4.04. The molecule has 5 rings (SSSR count). The van der Waals surface area contributed by atoms with E-state index in [1.807, 2.05) is 35.2 Å². The molecule has 2 heterocycles. The highest BCUT2D eigenvalue weighted by molar-refractivity contribution is 5.92. The molecule has 0 saturated heterocycles. The smallest absolute Gasteiger partial charge is 0.322 e. The Hall–Kier alpha value is -3.53. The summed E-state index contributed by atoms with van der Waals surface area (Å²) >= 11 is 0. The normalized spacial score (nSPS) is 13.3. The third-order valence-corrected chi connectivity index (χ3v) is 5.67. The molecule has 2 amide bonds. The van der Waals surface area contributed by atoms with E-state index in [4.69, 9.17) is 0 Å². The number of aryl methyl sites for hydroxylation is 1. The van der Waals surface area contributed by atoms with Crippen LogP contribution in [-0.2, 0) is 13.0 Å². The minimum atomic E-state index is -0.0501. The van der Waals surface area contributed by atoms with Crippen molar-refractivity contribution in [2.24, 2.45) is 0 Å². The predicted octanol–water partition coefficient (Wildman–Crippen LogP) is 5.73. The molecule has 1 aliphatic heterocycles. The van der Waals surface area contributed by atoms with Crippen molar-refractivity contribution >= 4 is 22.6 Å². The fourth-order valence-corrected chi connectivity index (χ4v) is 4.04. The number of anilines is 1. The van der Waals surface area contributed by atoms with Gasteiger partial charge in [0.2, 0.25) is 0 Å². The van der Waals surface area contributed by atoms with Gasteiger partial charge in [-0.3, -0.25) is 0 Å².